The predicted octanol–water partition coefficient (Wildman–Crippen LogP) is 2.74. The van der Waals surface area contributed by atoms with Gasteiger partial charge in [-0.25, -0.2) is 13.1 Å². The van der Waals surface area contributed by atoms with Crippen LogP contribution in [0.2, 0.25) is 5.02 Å². The van der Waals surface area contributed by atoms with Crippen molar-refractivity contribution in [2.24, 2.45) is 5.73 Å². The number of aryl methyl sites for hydroxylation is 1. The van der Waals surface area contributed by atoms with E-state index >= 15 is 0 Å². The fourth-order valence-corrected chi connectivity index (χ4v) is 3.80. The zero-order valence-corrected chi connectivity index (χ0v) is 13.3. The van der Waals surface area contributed by atoms with Crippen LogP contribution in [0.3, 0.4) is 0 Å². The lowest BCUT2D eigenvalue weighted by Gasteiger charge is -2.15. The molecule has 1 unspecified atom stereocenters. The van der Waals surface area contributed by atoms with Crippen LogP contribution in [0.25, 0.3) is 0 Å². The average Bonchev–Trinajstić information content (AvgIpc) is 2.81. The van der Waals surface area contributed by atoms with E-state index in [1.54, 1.807) is 32.0 Å². The third-order valence-electron chi connectivity index (χ3n) is 3.12. The molecule has 0 bridgehead atoms. The Kier molecular flexibility index (Phi) is 4.73. The van der Waals surface area contributed by atoms with Gasteiger partial charge in [-0.1, -0.05) is 29.8 Å². The smallest absolute Gasteiger partial charge is 0.244 e. The maximum absolute atomic E-state index is 12.4. The van der Waals surface area contributed by atoms with Gasteiger partial charge in [0.05, 0.1) is 6.54 Å². The van der Waals surface area contributed by atoms with Crippen LogP contribution in [0.1, 0.15) is 30.0 Å². The third-order valence-corrected chi connectivity index (χ3v) is 5.11. The molecule has 0 aliphatic rings. The number of halogens is 1. The number of nitrogens with two attached hydrogens (primary N) is 1. The van der Waals surface area contributed by atoms with Crippen molar-refractivity contribution in [3.63, 3.8) is 0 Å². The monoisotopic (exact) mass is 328 g/mol. The fraction of sp³-hybridized carbons (Fsp3) is 0.286. The Bertz CT molecular complexity index is 740. The number of benzene rings is 1. The van der Waals surface area contributed by atoms with E-state index in [0.29, 0.717) is 22.1 Å². The highest BCUT2D eigenvalue weighted by Gasteiger charge is 2.24. The first kappa shape index (κ1) is 16.0. The van der Waals surface area contributed by atoms with Gasteiger partial charge in [0, 0.05) is 17.1 Å². The van der Waals surface area contributed by atoms with Gasteiger partial charge in [-0.2, -0.15) is 0 Å². The summed E-state index contributed by atoms with van der Waals surface area (Å²) >= 11 is 6.08. The highest BCUT2D eigenvalue weighted by Crippen LogP contribution is 2.26. The molecule has 7 heteroatoms. The van der Waals surface area contributed by atoms with E-state index in [-0.39, 0.29) is 11.4 Å². The summed E-state index contributed by atoms with van der Waals surface area (Å²) in [6.45, 7) is 3.47. The molecule has 0 amide bonds. The van der Waals surface area contributed by atoms with E-state index in [4.69, 9.17) is 21.8 Å². The van der Waals surface area contributed by atoms with Gasteiger partial charge in [-0.15, -0.1) is 0 Å². The first-order chi connectivity index (χ1) is 9.85. The SMILES string of the molecule is Cc1oc(CN)cc1S(=O)(=O)NC(C)c1ccccc1Cl. The van der Waals surface area contributed by atoms with Crippen LogP contribution in [-0.2, 0) is 16.6 Å². The van der Waals surface area contributed by atoms with E-state index in [0.717, 1.165) is 0 Å². The Morgan fingerprint density at radius 1 is 1.38 bits per heavy atom. The van der Waals surface area contributed by atoms with Crippen LogP contribution in [0.5, 0.6) is 0 Å². The van der Waals surface area contributed by atoms with Crippen molar-refractivity contribution in [1.29, 1.82) is 0 Å². The lowest BCUT2D eigenvalue weighted by Crippen LogP contribution is -2.27. The standard InChI is InChI=1S/C14H17ClN2O3S/c1-9(12-5-3-4-6-13(12)15)17-21(18,19)14-7-11(8-16)20-10(14)2/h3-7,9,17H,8,16H2,1-2H3. The molecule has 1 heterocycles. The van der Waals surface area contributed by atoms with Crippen molar-refractivity contribution in [2.75, 3.05) is 0 Å². The number of sulfonamides is 1. The van der Waals surface area contributed by atoms with Crippen LogP contribution < -0.4 is 10.5 Å². The summed E-state index contributed by atoms with van der Waals surface area (Å²) in [4.78, 5) is 0.0989. The van der Waals surface area contributed by atoms with Crippen LogP contribution in [0, 0.1) is 6.92 Å². The lowest BCUT2D eigenvalue weighted by molar-refractivity contribution is 0.478. The maximum atomic E-state index is 12.4. The second-order valence-corrected chi connectivity index (χ2v) is 6.79. The van der Waals surface area contributed by atoms with Gasteiger partial charge in [0.15, 0.2) is 0 Å². The summed E-state index contributed by atoms with van der Waals surface area (Å²) < 4.78 is 32.7. The molecule has 2 rings (SSSR count). The van der Waals surface area contributed by atoms with Crippen molar-refractivity contribution in [3.05, 3.63) is 52.4 Å². The molecule has 0 aliphatic carbocycles. The first-order valence-corrected chi connectivity index (χ1v) is 8.27. The Labute approximate surface area is 129 Å². The van der Waals surface area contributed by atoms with Crippen molar-refractivity contribution >= 4 is 21.6 Å². The number of nitrogens with one attached hydrogen (secondary N) is 1. The van der Waals surface area contributed by atoms with Gasteiger partial charge >= 0.3 is 0 Å². The molecule has 5 nitrogen and oxygen atoms in total. The molecule has 0 saturated heterocycles. The molecule has 21 heavy (non-hydrogen) atoms. The van der Waals surface area contributed by atoms with E-state index in [1.165, 1.54) is 6.07 Å². The number of furan rings is 1. The number of rotatable bonds is 5. The van der Waals surface area contributed by atoms with Crippen molar-refractivity contribution < 1.29 is 12.8 Å². The summed E-state index contributed by atoms with van der Waals surface area (Å²) in [6, 6.07) is 8.08. The quantitative estimate of drug-likeness (QED) is 0.883. The van der Waals surface area contributed by atoms with Crippen molar-refractivity contribution in [1.82, 2.24) is 4.72 Å². The normalized spacial score (nSPS) is 13.3. The van der Waals surface area contributed by atoms with Gasteiger partial charge in [0.25, 0.3) is 0 Å². The molecule has 0 radical (unpaired) electrons. The van der Waals surface area contributed by atoms with E-state index < -0.39 is 16.1 Å². The van der Waals surface area contributed by atoms with E-state index in [2.05, 4.69) is 4.72 Å². The molecular weight excluding hydrogens is 312 g/mol. The molecule has 3 N–H and O–H groups in total. The van der Waals surface area contributed by atoms with Crippen LogP contribution in [0.15, 0.2) is 39.6 Å². The minimum absolute atomic E-state index is 0.0989. The van der Waals surface area contributed by atoms with Crippen LogP contribution in [0.4, 0.5) is 0 Å². The Morgan fingerprint density at radius 2 is 2.05 bits per heavy atom. The molecule has 1 aromatic heterocycles. The number of hydrogen-bond acceptors (Lipinski definition) is 4. The average molecular weight is 329 g/mol. The Hall–Kier alpha value is -1.34. The molecular formula is C14H17ClN2O3S. The highest BCUT2D eigenvalue weighted by molar-refractivity contribution is 7.89. The highest BCUT2D eigenvalue weighted by atomic mass is 35.5. The minimum Gasteiger partial charge on any atom is -0.464 e. The molecule has 0 fully saturated rings. The van der Waals surface area contributed by atoms with Crippen molar-refractivity contribution in [3.8, 4) is 0 Å². The second-order valence-electron chi connectivity index (χ2n) is 4.70. The largest absolute Gasteiger partial charge is 0.464 e. The van der Waals surface area contributed by atoms with Gasteiger partial charge < -0.3 is 10.2 Å². The maximum Gasteiger partial charge on any atom is 0.244 e. The molecule has 1 aromatic carbocycles. The van der Waals surface area contributed by atoms with Gasteiger partial charge in [0.1, 0.15) is 16.4 Å². The van der Waals surface area contributed by atoms with E-state index in [9.17, 15) is 8.42 Å². The Morgan fingerprint density at radius 3 is 2.62 bits per heavy atom. The molecule has 0 saturated carbocycles. The van der Waals surface area contributed by atoms with Crippen LogP contribution >= 0.6 is 11.6 Å². The molecule has 1 atom stereocenters. The zero-order valence-electron chi connectivity index (χ0n) is 11.8. The summed E-state index contributed by atoms with van der Waals surface area (Å²) in [5.74, 6) is 0.743. The molecule has 2 aromatic rings. The summed E-state index contributed by atoms with van der Waals surface area (Å²) in [6.07, 6.45) is 0. The van der Waals surface area contributed by atoms with E-state index in [1.807, 2.05) is 6.07 Å². The third kappa shape index (κ3) is 3.47. The lowest BCUT2D eigenvalue weighted by atomic mass is 10.1. The molecule has 0 spiro atoms. The zero-order chi connectivity index (χ0) is 15.6. The summed E-state index contributed by atoms with van der Waals surface area (Å²) in [7, 11) is -3.70. The predicted molar refractivity (Wildman–Crippen MR) is 81.5 cm³/mol. The minimum atomic E-state index is -3.70. The first-order valence-electron chi connectivity index (χ1n) is 6.41. The molecule has 114 valence electrons. The molecule has 0 aliphatic heterocycles. The van der Waals surface area contributed by atoms with Crippen LogP contribution in [-0.4, -0.2) is 8.42 Å². The fourth-order valence-electron chi connectivity index (χ4n) is 2.08. The Balaban J connectivity index is 2.29. The topological polar surface area (TPSA) is 85.3 Å². The summed E-state index contributed by atoms with van der Waals surface area (Å²) in [5, 5.41) is 0.513. The summed E-state index contributed by atoms with van der Waals surface area (Å²) in [5.41, 5.74) is 6.17. The second kappa shape index (κ2) is 6.19. The van der Waals surface area contributed by atoms with Crippen molar-refractivity contribution in [2.45, 2.75) is 31.3 Å². The van der Waals surface area contributed by atoms with Gasteiger partial charge in [0.2, 0.25) is 10.0 Å². The van der Waals surface area contributed by atoms with Gasteiger partial charge in [-0.3, -0.25) is 0 Å². The van der Waals surface area contributed by atoms with Gasteiger partial charge in [-0.05, 0) is 25.5 Å². The number of hydrogen-bond donors (Lipinski definition) is 2.